The monoisotopic (exact) mass is 385 g/mol. The summed E-state index contributed by atoms with van der Waals surface area (Å²) in [5.74, 6) is 0.311. The maximum atomic E-state index is 13.1. The average Bonchev–Trinajstić information content (AvgIpc) is 3.03. The van der Waals surface area contributed by atoms with Gasteiger partial charge >= 0.3 is 5.97 Å². The van der Waals surface area contributed by atoms with E-state index in [9.17, 15) is 9.59 Å². The van der Waals surface area contributed by atoms with Crippen LogP contribution in [0.4, 0.5) is 0 Å². The highest BCUT2D eigenvalue weighted by atomic mass is 16.5. The molecular weight excluding hydrogens is 358 g/mol. The molecule has 0 bridgehead atoms. The molecule has 1 aliphatic carbocycles. The molecule has 7 heteroatoms. The number of carboxylic acid groups (broad SMARTS) is 1. The smallest absolute Gasteiger partial charge is 0.303 e. The summed E-state index contributed by atoms with van der Waals surface area (Å²) in [5, 5.41) is 16.4. The zero-order valence-corrected chi connectivity index (χ0v) is 16.1. The van der Waals surface area contributed by atoms with Gasteiger partial charge in [0.05, 0.1) is 19.2 Å². The van der Waals surface area contributed by atoms with E-state index in [1.807, 2.05) is 4.90 Å². The number of hydrogen-bond donors (Lipinski definition) is 3. The molecule has 3 rings (SSSR count). The lowest BCUT2D eigenvalue weighted by atomic mass is 9.83. The SMILES string of the molecule is COC1=C(c2ccc(C(=N)N)cc2)C(=O)N(C2CCC(CCC(=O)O)CC2)C1. The van der Waals surface area contributed by atoms with Crippen molar-refractivity contribution in [1.29, 1.82) is 5.41 Å². The van der Waals surface area contributed by atoms with Crippen molar-refractivity contribution in [3.63, 3.8) is 0 Å². The first kappa shape index (κ1) is 19.9. The molecule has 28 heavy (non-hydrogen) atoms. The summed E-state index contributed by atoms with van der Waals surface area (Å²) in [6.45, 7) is 0.462. The Morgan fingerprint density at radius 3 is 2.43 bits per heavy atom. The Morgan fingerprint density at radius 1 is 1.25 bits per heavy atom. The Hall–Kier alpha value is -2.83. The summed E-state index contributed by atoms with van der Waals surface area (Å²) in [6.07, 6.45) is 4.62. The van der Waals surface area contributed by atoms with Crippen molar-refractivity contribution in [2.24, 2.45) is 11.7 Å². The molecule has 0 radical (unpaired) electrons. The van der Waals surface area contributed by atoms with Crippen LogP contribution in [0, 0.1) is 11.3 Å². The predicted molar refractivity (Wildman–Crippen MR) is 106 cm³/mol. The zero-order chi connectivity index (χ0) is 20.3. The molecule has 150 valence electrons. The minimum absolute atomic E-state index is 0.00784. The first-order valence-electron chi connectivity index (χ1n) is 9.65. The number of carbonyl (C=O) groups excluding carboxylic acids is 1. The second-order valence-corrected chi connectivity index (χ2v) is 7.53. The van der Waals surface area contributed by atoms with Crippen molar-refractivity contribution in [2.75, 3.05) is 13.7 Å². The zero-order valence-electron chi connectivity index (χ0n) is 16.1. The quantitative estimate of drug-likeness (QED) is 0.493. The van der Waals surface area contributed by atoms with E-state index in [4.69, 9.17) is 21.0 Å². The van der Waals surface area contributed by atoms with Gasteiger partial charge in [0.1, 0.15) is 11.6 Å². The van der Waals surface area contributed by atoms with E-state index in [2.05, 4.69) is 0 Å². The molecule has 2 aliphatic rings. The first-order valence-corrected chi connectivity index (χ1v) is 9.65. The minimum atomic E-state index is -0.744. The second-order valence-electron chi connectivity index (χ2n) is 7.53. The van der Waals surface area contributed by atoms with Crippen LogP contribution in [0.3, 0.4) is 0 Å². The number of nitrogens with zero attached hydrogens (tertiary/aromatic N) is 1. The Kier molecular flexibility index (Phi) is 6.02. The maximum Gasteiger partial charge on any atom is 0.303 e. The molecule has 1 heterocycles. The number of methoxy groups -OCH3 is 1. The molecule has 4 N–H and O–H groups in total. The molecule has 0 spiro atoms. The van der Waals surface area contributed by atoms with Crippen LogP contribution in [-0.4, -0.2) is 47.4 Å². The van der Waals surface area contributed by atoms with Crippen LogP contribution in [-0.2, 0) is 14.3 Å². The highest BCUT2D eigenvalue weighted by molar-refractivity contribution is 6.22. The molecule has 0 atom stereocenters. The molecule has 1 amide bonds. The Morgan fingerprint density at radius 2 is 1.89 bits per heavy atom. The topological polar surface area (TPSA) is 117 Å². The van der Waals surface area contributed by atoms with Gasteiger partial charge in [-0.2, -0.15) is 0 Å². The minimum Gasteiger partial charge on any atom is -0.498 e. The molecule has 0 unspecified atom stereocenters. The summed E-state index contributed by atoms with van der Waals surface area (Å²) in [4.78, 5) is 25.8. The van der Waals surface area contributed by atoms with E-state index >= 15 is 0 Å². The number of carbonyl (C=O) groups is 2. The van der Waals surface area contributed by atoms with Crippen LogP contribution >= 0.6 is 0 Å². The van der Waals surface area contributed by atoms with E-state index in [-0.39, 0.29) is 24.2 Å². The number of rotatable bonds is 7. The standard InChI is InChI=1S/C21H27N3O4/c1-28-17-12-24(16-9-2-13(3-10-16)4-11-18(25)26)21(27)19(17)14-5-7-15(8-6-14)20(22)23/h5-8,13,16H,2-4,9-12H2,1H3,(H3,22,23)(H,25,26). The van der Waals surface area contributed by atoms with Crippen LogP contribution in [0.1, 0.15) is 49.7 Å². The first-order chi connectivity index (χ1) is 13.4. The molecule has 1 fully saturated rings. The lowest BCUT2D eigenvalue weighted by Gasteiger charge is -2.34. The Bertz CT molecular complexity index is 792. The largest absolute Gasteiger partial charge is 0.498 e. The van der Waals surface area contributed by atoms with E-state index in [1.54, 1.807) is 31.4 Å². The van der Waals surface area contributed by atoms with Gasteiger partial charge in [-0.1, -0.05) is 24.3 Å². The average molecular weight is 385 g/mol. The van der Waals surface area contributed by atoms with Gasteiger partial charge < -0.3 is 20.5 Å². The predicted octanol–water partition coefficient (Wildman–Crippen LogP) is 2.59. The normalized spacial score (nSPS) is 22.5. The van der Waals surface area contributed by atoms with Gasteiger partial charge in [0.15, 0.2) is 0 Å². The van der Waals surface area contributed by atoms with Gasteiger partial charge in [0.2, 0.25) is 0 Å². The molecule has 7 nitrogen and oxygen atoms in total. The van der Waals surface area contributed by atoms with Crippen LogP contribution in [0.15, 0.2) is 30.0 Å². The molecule has 1 aliphatic heterocycles. The summed E-state index contributed by atoms with van der Waals surface area (Å²) < 4.78 is 5.52. The van der Waals surface area contributed by atoms with Crippen molar-refractivity contribution in [2.45, 2.75) is 44.6 Å². The molecule has 1 aromatic carbocycles. The van der Waals surface area contributed by atoms with E-state index in [0.717, 1.165) is 31.2 Å². The number of amides is 1. The van der Waals surface area contributed by atoms with Gasteiger partial charge in [-0.05, 0) is 43.6 Å². The third-order valence-corrected chi connectivity index (χ3v) is 5.82. The van der Waals surface area contributed by atoms with E-state index in [1.165, 1.54) is 0 Å². The fourth-order valence-corrected chi connectivity index (χ4v) is 4.20. The Labute approximate surface area is 164 Å². The number of carboxylic acids is 1. The maximum absolute atomic E-state index is 13.1. The summed E-state index contributed by atoms with van der Waals surface area (Å²) >= 11 is 0. The van der Waals surface area contributed by atoms with Gasteiger partial charge in [-0.25, -0.2) is 0 Å². The molecule has 0 saturated heterocycles. The molecule has 1 aromatic rings. The number of aliphatic carboxylic acids is 1. The number of nitrogens with one attached hydrogen (secondary N) is 1. The Balaban J connectivity index is 1.68. The van der Waals surface area contributed by atoms with Crippen LogP contribution in [0.5, 0.6) is 0 Å². The van der Waals surface area contributed by atoms with E-state index in [0.29, 0.717) is 35.8 Å². The number of benzene rings is 1. The fraction of sp³-hybridized carbons (Fsp3) is 0.476. The van der Waals surface area contributed by atoms with Gasteiger partial charge in [0, 0.05) is 18.0 Å². The molecule has 0 aromatic heterocycles. The fourth-order valence-electron chi connectivity index (χ4n) is 4.20. The van der Waals surface area contributed by atoms with E-state index < -0.39 is 5.97 Å². The van der Waals surface area contributed by atoms with Gasteiger partial charge in [-0.3, -0.25) is 15.0 Å². The van der Waals surface area contributed by atoms with Gasteiger partial charge in [-0.15, -0.1) is 0 Å². The van der Waals surface area contributed by atoms with Crippen molar-refractivity contribution in [3.05, 3.63) is 41.2 Å². The highest BCUT2D eigenvalue weighted by Crippen LogP contribution is 2.36. The summed E-state index contributed by atoms with van der Waals surface area (Å²) in [5.41, 5.74) is 7.46. The number of hydrogen-bond acceptors (Lipinski definition) is 4. The van der Waals surface area contributed by atoms with Crippen LogP contribution < -0.4 is 5.73 Å². The van der Waals surface area contributed by atoms with Crippen LogP contribution in [0.25, 0.3) is 5.57 Å². The number of nitrogens with two attached hydrogens (primary N) is 1. The number of nitrogen functional groups attached to an aromatic ring is 1. The van der Waals surface area contributed by atoms with Crippen molar-refractivity contribution in [3.8, 4) is 0 Å². The lowest BCUT2D eigenvalue weighted by Crippen LogP contribution is -2.40. The van der Waals surface area contributed by atoms with Crippen molar-refractivity contribution >= 4 is 23.3 Å². The second kappa shape index (κ2) is 8.46. The van der Waals surface area contributed by atoms with Crippen molar-refractivity contribution in [1.82, 2.24) is 4.90 Å². The third-order valence-electron chi connectivity index (χ3n) is 5.82. The lowest BCUT2D eigenvalue weighted by molar-refractivity contribution is -0.137. The van der Waals surface area contributed by atoms with Gasteiger partial charge in [0.25, 0.3) is 5.91 Å². The third kappa shape index (κ3) is 4.18. The molecule has 1 saturated carbocycles. The highest BCUT2D eigenvalue weighted by Gasteiger charge is 2.38. The molecular formula is C21H27N3O4. The van der Waals surface area contributed by atoms with Crippen LogP contribution in [0.2, 0.25) is 0 Å². The summed E-state index contributed by atoms with van der Waals surface area (Å²) in [7, 11) is 1.58. The van der Waals surface area contributed by atoms with Crippen molar-refractivity contribution < 1.29 is 19.4 Å². The summed E-state index contributed by atoms with van der Waals surface area (Å²) in [6, 6.07) is 7.24. The number of ether oxygens (including phenoxy) is 1. The number of amidine groups is 1.